The maximum Gasteiger partial charge on any atom is 0.221 e. The minimum absolute atomic E-state index is 0.0469. The molecule has 1 aromatic heterocycles. The van der Waals surface area contributed by atoms with Gasteiger partial charge in [0.05, 0.1) is 0 Å². The Kier molecular flexibility index (Phi) is 5.20. The van der Waals surface area contributed by atoms with Crippen LogP contribution in [0.1, 0.15) is 12.0 Å². The van der Waals surface area contributed by atoms with E-state index in [9.17, 15) is 9.90 Å². The Bertz CT molecular complexity index is 840. The number of carbonyl (C=O) groups excluding carboxylic acids is 1. The first-order valence-electron chi connectivity index (χ1n) is 7.91. The molecule has 0 aliphatic heterocycles. The van der Waals surface area contributed by atoms with Gasteiger partial charge in [-0.05, 0) is 42.3 Å². The molecule has 3 aromatic rings. The number of aryl methyl sites for hydroxylation is 1. The highest BCUT2D eigenvalue weighted by atomic mass is 79.9. The highest BCUT2D eigenvalue weighted by Crippen LogP contribution is 2.24. The molecule has 0 aliphatic rings. The zero-order valence-electron chi connectivity index (χ0n) is 13.2. The highest BCUT2D eigenvalue weighted by molar-refractivity contribution is 9.10. The topological polar surface area (TPSA) is 54.3 Å². The second kappa shape index (κ2) is 7.53. The molecule has 1 heterocycles. The first kappa shape index (κ1) is 16.6. The number of hydrogen-bond acceptors (Lipinski definition) is 2. The van der Waals surface area contributed by atoms with Gasteiger partial charge in [0.15, 0.2) is 0 Å². The molecule has 2 N–H and O–H groups in total. The molecule has 0 aliphatic carbocycles. The van der Waals surface area contributed by atoms with Gasteiger partial charge in [0.2, 0.25) is 5.91 Å². The average molecular weight is 387 g/mol. The second-order valence-electron chi connectivity index (χ2n) is 5.70. The molecule has 0 spiro atoms. The molecular weight excluding hydrogens is 368 g/mol. The summed E-state index contributed by atoms with van der Waals surface area (Å²) in [6, 6.07) is 15.2. The van der Waals surface area contributed by atoms with Crippen LogP contribution in [-0.4, -0.2) is 22.1 Å². The van der Waals surface area contributed by atoms with Crippen LogP contribution >= 0.6 is 15.9 Å². The molecule has 3 rings (SSSR count). The van der Waals surface area contributed by atoms with Gasteiger partial charge in [-0.2, -0.15) is 0 Å². The molecule has 4 nitrogen and oxygen atoms in total. The quantitative estimate of drug-likeness (QED) is 0.675. The molecule has 2 aromatic carbocycles. The molecule has 24 heavy (non-hydrogen) atoms. The maximum absolute atomic E-state index is 12.0. The van der Waals surface area contributed by atoms with E-state index in [-0.39, 0.29) is 11.7 Å². The number of carbonyl (C=O) groups is 1. The number of phenolic OH excluding ortho intramolecular Hbond substituents is 1. The van der Waals surface area contributed by atoms with E-state index in [0.717, 1.165) is 27.4 Å². The van der Waals surface area contributed by atoms with Gasteiger partial charge < -0.3 is 15.0 Å². The van der Waals surface area contributed by atoms with Crippen LogP contribution in [0, 0.1) is 0 Å². The van der Waals surface area contributed by atoms with E-state index < -0.39 is 0 Å². The Morgan fingerprint density at radius 1 is 1.12 bits per heavy atom. The third-order valence-electron chi connectivity index (χ3n) is 4.01. The van der Waals surface area contributed by atoms with Crippen molar-refractivity contribution in [3.63, 3.8) is 0 Å². The van der Waals surface area contributed by atoms with Gasteiger partial charge in [0, 0.05) is 41.1 Å². The lowest BCUT2D eigenvalue weighted by molar-refractivity contribution is -0.121. The number of hydrogen-bond donors (Lipinski definition) is 2. The van der Waals surface area contributed by atoms with Gasteiger partial charge in [0.1, 0.15) is 5.75 Å². The Hall–Kier alpha value is -2.27. The smallest absolute Gasteiger partial charge is 0.221 e. The van der Waals surface area contributed by atoms with E-state index in [1.54, 1.807) is 12.1 Å². The molecule has 0 fully saturated rings. The summed E-state index contributed by atoms with van der Waals surface area (Å²) >= 11 is 3.54. The Morgan fingerprint density at radius 3 is 2.71 bits per heavy atom. The first-order chi connectivity index (χ1) is 11.6. The summed E-state index contributed by atoms with van der Waals surface area (Å²) in [5, 5.41) is 13.3. The Balaban J connectivity index is 1.48. The van der Waals surface area contributed by atoms with Crippen molar-refractivity contribution < 1.29 is 9.90 Å². The highest BCUT2D eigenvalue weighted by Gasteiger charge is 2.06. The molecule has 0 radical (unpaired) electrons. The Morgan fingerprint density at radius 2 is 1.92 bits per heavy atom. The summed E-state index contributed by atoms with van der Waals surface area (Å²) in [5.74, 6) is 0.305. The van der Waals surface area contributed by atoms with Crippen molar-refractivity contribution in [2.45, 2.75) is 19.4 Å². The van der Waals surface area contributed by atoms with Crippen molar-refractivity contribution in [3.8, 4) is 5.75 Å². The zero-order valence-corrected chi connectivity index (χ0v) is 14.8. The molecule has 0 saturated carbocycles. The van der Waals surface area contributed by atoms with E-state index in [1.807, 2.05) is 30.5 Å². The van der Waals surface area contributed by atoms with Crippen LogP contribution in [0.3, 0.4) is 0 Å². The fourth-order valence-corrected chi connectivity index (χ4v) is 3.19. The van der Waals surface area contributed by atoms with E-state index >= 15 is 0 Å². The average Bonchev–Trinajstić information content (AvgIpc) is 2.99. The summed E-state index contributed by atoms with van der Waals surface area (Å²) in [4.78, 5) is 12.0. The van der Waals surface area contributed by atoms with Crippen molar-refractivity contribution in [2.75, 3.05) is 6.54 Å². The van der Waals surface area contributed by atoms with Crippen LogP contribution in [0.2, 0.25) is 0 Å². The summed E-state index contributed by atoms with van der Waals surface area (Å²) in [5.41, 5.74) is 2.22. The minimum atomic E-state index is 0.0469. The normalized spacial score (nSPS) is 10.9. The number of halogens is 1. The fraction of sp³-hybridized carbons (Fsp3) is 0.211. The summed E-state index contributed by atoms with van der Waals surface area (Å²) in [7, 11) is 0. The lowest BCUT2D eigenvalue weighted by Crippen LogP contribution is -2.26. The number of aromatic hydroxyl groups is 1. The third-order valence-corrected chi connectivity index (χ3v) is 4.70. The van der Waals surface area contributed by atoms with E-state index in [0.29, 0.717) is 19.5 Å². The van der Waals surface area contributed by atoms with E-state index in [2.05, 4.69) is 37.9 Å². The number of nitrogens with zero attached hydrogens (tertiary/aromatic N) is 1. The standard InChI is InChI=1S/C19H19BrN2O2/c20-17-2-1-3-18-16(17)9-12-22(18)13-10-19(24)21-11-8-14-4-6-15(23)7-5-14/h1-7,9,12,23H,8,10-11,13H2,(H,21,24). The molecule has 0 bridgehead atoms. The number of amides is 1. The molecule has 0 unspecified atom stereocenters. The van der Waals surface area contributed by atoms with Crippen LogP contribution in [-0.2, 0) is 17.8 Å². The lowest BCUT2D eigenvalue weighted by atomic mass is 10.1. The molecule has 124 valence electrons. The second-order valence-corrected chi connectivity index (χ2v) is 6.55. The van der Waals surface area contributed by atoms with Crippen LogP contribution in [0.5, 0.6) is 5.75 Å². The largest absolute Gasteiger partial charge is 0.508 e. The zero-order chi connectivity index (χ0) is 16.9. The summed E-state index contributed by atoms with van der Waals surface area (Å²) in [6.07, 6.45) is 3.22. The van der Waals surface area contributed by atoms with E-state index in [4.69, 9.17) is 0 Å². The van der Waals surface area contributed by atoms with Gasteiger partial charge in [-0.1, -0.05) is 34.1 Å². The molecule has 0 atom stereocenters. The van der Waals surface area contributed by atoms with Crippen molar-refractivity contribution >= 4 is 32.7 Å². The maximum atomic E-state index is 12.0. The summed E-state index contributed by atoms with van der Waals surface area (Å²) < 4.78 is 3.16. The van der Waals surface area contributed by atoms with Crippen molar-refractivity contribution in [1.29, 1.82) is 0 Å². The Labute approximate surface area is 149 Å². The predicted molar refractivity (Wildman–Crippen MR) is 99.1 cm³/mol. The number of fused-ring (bicyclic) bond motifs is 1. The van der Waals surface area contributed by atoms with Gasteiger partial charge in [0.25, 0.3) is 0 Å². The number of rotatable bonds is 6. The number of phenols is 1. The van der Waals surface area contributed by atoms with Gasteiger partial charge in [-0.15, -0.1) is 0 Å². The van der Waals surface area contributed by atoms with Gasteiger partial charge >= 0.3 is 0 Å². The molecular formula is C19H19BrN2O2. The van der Waals surface area contributed by atoms with E-state index in [1.165, 1.54) is 0 Å². The molecule has 1 amide bonds. The molecule has 0 saturated heterocycles. The van der Waals surface area contributed by atoms with Gasteiger partial charge in [-0.3, -0.25) is 4.79 Å². The van der Waals surface area contributed by atoms with Crippen LogP contribution in [0.15, 0.2) is 59.2 Å². The monoisotopic (exact) mass is 386 g/mol. The SMILES string of the molecule is O=C(CCn1ccc2c(Br)cccc21)NCCc1ccc(O)cc1. The number of nitrogens with one attached hydrogen (secondary N) is 1. The number of benzene rings is 2. The lowest BCUT2D eigenvalue weighted by Gasteiger charge is -2.08. The van der Waals surface area contributed by atoms with Crippen LogP contribution in [0.25, 0.3) is 10.9 Å². The van der Waals surface area contributed by atoms with Crippen molar-refractivity contribution in [2.24, 2.45) is 0 Å². The van der Waals surface area contributed by atoms with Crippen LogP contribution < -0.4 is 5.32 Å². The fourth-order valence-electron chi connectivity index (χ4n) is 2.70. The van der Waals surface area contributed by atoms with Gasteiger partial charge in [-0.25, -0.2) is 0 Å². The van der Waals surface area contributed by atoms with Crippen molar-refractivity contribution in [1.82, 2.24) is 9.88 Å². The predicted octanol–water partition coefficient (Wildman–Crippen LogP) is 3.86. The van der Waals surface area contributed by atoms with Crippen LogP contribution in [0.4, 0.5) is 0 Å². The number of aromatic nitrogens is 1. The molecule has 5 heteroatoms. The third kappa shape index (κ3) is 3.97. The minimum Gasteiger partial charge on any atom is -0.508 e. The van der Waals surface area contributed by atoms with Crippen molar-refractivity contribution in [3.05, 3.63) is 64.8 Å². The first-order valence-corrected chi connectivity index (χ1v) is 8.71. The summed E-state index contributed by atoms with van der Waals surface area (Å²) in [6.45, 7) is 1.26.